The number of anilines is 1. The maximum atomic E-state index is 4.74. The molecular weight excluding hydrogens is 272 g/mol. The van der Waals surface area contributed by atoms with Crippen LogP contribution in [0.4, 0.5) is 5.95 Å². The Morgan fingerprint density at radius 1 is 1.00 bits per heavy atom. The molecule has 0 saturated carbocycles. The minimum atomic E-state index is 0.676. The molecule has 3 aromatic rings. The van der Waals surface area contributed by atoms with Gasteiger partial charge in [-0.25, -0.2) is 15.0 Å². The van der Waals surface area contributed by atoms with E-state index < -0.39 is 0 Å². The fourth-order valence-corrected chi connectivity index (χ4v) is 2.83. The summed E-state index contributed by atoms with van der Waals surface area (Å²) in [5.74, 6) is 0.676. The standard InChI is InChI=1S/C18H16N4/c1-13-9-11-19-18(20-13)22-12-10-17(21-22)16-8-4-6-14-5-2-3-7-15(14)16/h2-9,11H,10,12H2,1H3. The van der Waals surface area contributed by atoms with Crippen LogP contribution < -0.4 is 5.01 Å². The molecule has 4 rings (SSSR count). The van der Waals surface area contributed by atoms with Gasteiger partial charge in [0.05, 0.1) is 12.3 Å². The maximum Gasteiger partial charge on any atom is 0.246 e. The second-order valence-electron chi connectivity index (χ2n) is 5.44. The van der Waals surface area contributed by atoms with Gasteiger partial charge in [-0.3, -0.25) is 0 Å². The summed E-state index contributed by atoms with van der Waals surface area (Å²) in [4.78, 5) is 8.77. The highest BCUT2D eigenvalue weighted by molar-refractivity contribution is 6.12. The summed E-state index contributed by atoms with van der Waals surface area (Å²) in [6.45, 7) is 2.79. The van der Waals surface area contributed by atoms with E-state index in [4.69, 9.17) is 5.10 Å². The Morgan fingerprint density at radius 3 is 2.77 bits per heavy atom. The van der Waals surface area contributed by atoms with Crippen LogP contribution in [0.1, 0.15) is 17.7 Å². The molecule has 0 unspecified atom stereocenters. The highest BCUT2D eigenvalue weighted by Crippen LogP contribution is 2.24. The summed E-state index contributed by atoms with van der Waals surface area (Å²) in [6, 6.07) is 16.7. The predicted octanol–water partition coefficient (Wildman–Crippen LogP) is 3.55. The van der Waals surface area contributed by atoms with Gasteiger partial charge in [0.2, 0.25) is 5.95 Å². The molecule has 2 aromatic carbocycles. The zero-order chi connectivity index (χ0) is 14.9. The number of nitrogens with zero attached hydrogens (tertiary/aromatic N) is 4. The molecule has 1 aliphatic heterocycles. The molecule has 2 heterocycles. The predicted molar refractivity (Wildman–Crippen MR) is 89.2 cm³/mol. The van der Waals surface area contributed by atoms with Crippen LogP contribution in [-0.4, -0.2) is 22.2 Å². The monoisotopic (exact) mass is 288 g/mol. The van der Waals surface area contributed by atoms with Crippen molar-refractivity contribution in [2.45, 2.75) is 13.3 Å². The van der Waals surface area contributed by atoms with Gasteiger partial charge in [0.15, 0.2) is 0 Å². The van der Waals surface area contributed by atoms with Crippen molar-refractivity contribution in [2.24, 2.45) is 5.10 Å². The van der Waals surface area contributed by atoms with Gasteiger partial charge in [-0.05, 0) is 23.8 Å². The van der Waals surface area contributed by atoms with Crippen molar-refractivity contribution in [3.05, 3.63) is 66.0 Å². The van der Waals surface area contributed by atoms with Crippen molar-refractivity contribution in [2.75, 3.05) is 11.6 Å². The molecule has 22 heavy (non-hydrogen) atoms. The van der Waals surface area contributed by atoms with Crippen molar-refractivity contribution in [1.82, 2.24) is 9.97 Å². The lowest BCUT2D eigenvalue weighted by atomic mass is 10.00. The molecule has 0 bridgehead atoms. The third kappa shape index (κ3) is 2.22. The van der Waals surface area contributed by atoms with Gasteiger partial charge in [-0.1, -0.05) is 42.5 Å². The first kappa shape index (κ1) is 13.0. The van der Waals surface area contributed by atoms with E-state index in [-0.39, 0.29) is 0 Å². The van der Waals surface area contributed by atoms with Crippen LogP contribution in [0.25, 0.3) is 10.8 Å². The minimum Gasteiger partial charge on any atom is -0.231 e. The number of benzene rings is 2. The molecule has 0 saturated heterocycles. The van der Waals surface area contributed by atoms with E-state index in [1.807, 2.05) is 18.0 Å². The van der Waals surface area contributed by atoms with E-state index in [1.165, 1.54) is 16.3 Å². The smallest absolute Gasteiger partial charge is 0.231 e. The van der Waals surface area contributed by atoms with Crippen molar-refractivity contribution in [3.8, 4) is 0 Å². The number of hydrazone groups is 1. The van der Waals surface area contributed by atoms with Gasteiger partial charge in [0, 0.05) is 23.9 Å². The van der Waals surface area contributed by atoms with Gasteiger partial charge < -0.3 is 0 Å². The number of aryl methyl sites for hydroxylation is 1. The molecule has 4 heteroatoms. The lowest BCUT2D eigenvalue weighted by Gasteiger charge is -2.10. The highest BCUT2D eigenvalue weighted by Gasteiger charge is 2.20. The van der Waals surface area contributed by atoms with E-state index in [0.29, 0.717) is 5.95 Å². The average Bonchev–Trinajstić information content (AvgIpc) is 3.04. The maximum absolute atomic E-state index is 4.74. The molecule has 0 aliphatic carbocycles. The Labute approximate surface area is 129 Å². The first-order chi connectivity index (χ1) is 10.8. The molecule has 0 N–H and O–H groups in total. The molecule has 4 nitrogen and oxygen atoms in total. The van der Waals surface area contributed by atoms with E-state index in [0.717, 1.165) is 24.4 Å². The summed E-state index contributed by atoms with van der Waals surface area (Å²) in [7, 11) is 0. The van der Waals surface area contributed by atoms with Crippen LogP contribution in [0.15, 0.2) is 59.8 Å². The van der Waals surface area contributed by atoms with E-state index in [2.05, 4.69) is 52.4 Å². The summed E-state index contributed by atoms with van der Waals surface area (Å²) in [5.41, 5.74) is 3.26. The van der Waals surface area contributed by atoms with Crippen molar-refractivity contribution >= 4 is 22.4 Å². The number of hydrogen-bond acceptors (Lipinski definition) is 4. The summed E-state index contributed by atoms with van der Waals surface area (Å²) in [5, 5.41) is 9.13. The topological polar surface area (TPSA) is 41.4 Å². The van der Waals surface area contributed by atoms with E-state index >= 15 is 0 Å². The SMILES string of the molecule is Cc1ccnc(N2CCC(c3cccc4ccccc34)=N2)n1. The van der Waals surface area contributed by atoms with Crippen molar-refractivity contribution < 1.29 is 0 Å². The molecule has 0 amide bonds. The normalized spacial score (nSPS) is 14.4. The first-order valence-corrected chi connectivity index (χ1v) is 7.44. The van der Waals surface area contributed by atoms with Crippen molar-refractivity contribution in [3.63, 3.8) is 0 Å². The van der Waals surface area contributed by atoms with Gasteiger partial charge in [0.25, 0.3) is 0 Å². The summed E-state index contributed by atoms with van der Waals surface area (Å²) in [6.07, 6.45) is 2.69. The van der Waals surface area contributed by atoms with E-state index in [1.54, 1.807) is 6.20 Å². The van der Waals surface area contributed by atoms with Crippen LogP contribution in [0.2, 0.25) is 0 Å². The molecule has 0 atom stereocenters. The average molecular weight is 288 g/mol. The van der Waals surface area contributed by atoms with Crippen LogP contribution >= 0.6 is 0 Å². The van der Waals surface area contributed by atoms with Crippen molar-refractivity contribution in [1.29, 1.82) is 0 Å². The molecule has 0 spiro atoms. The summed E-state index contributed by atoms with van der Waals surface area (Å²) >= 11 is 0. The largest absolute Gasteiger partial charge is 0.246 e. The highest BCUT2D eigenvalue weighted by atomic mass is 15.5. The van der Waals surface area contributed by atoms with Gasteiger partial charge in [-0.15, -0.1) is 0 Å². The second kappa shape index (κ2) is 5.22. The molecular formula is C18H16N4. The van der Waals surface area contributed by atoms with E-state index in [9.17, 15) is 0 Å². The van der Waals surface area contributed by atoms with Crippen LogP contribution in [0, 0.1) is 6.92 Å². The Balaban J connectivity index is 1.75. The fourth-order valence-electron chi connectivity index (χ4n) is 2.83. The third-order valence-corrected chi connectivity index (χ3v) is 3.92. The molecule has 1 aromatic heterocycles. The summed E-state index contributed by atoms with van der Waals surface area (Å²) < 4.78 is 0. The Kier molecular flexibility index (Phi) is 3.07. The third-order valence-electron chi connectivity index (χ3n) is 3.92. The molecule has 0 fully saturated rings. The Bertz CT molecular complexity index is 864. The molecule has 1 aliphatic rings. The number of fused-ring (bicyclic) bond motifs is 1. The Morgan fingerprint density at radius 2 is 1.86 bits per heavy atom. The lowest BCUT2D eigenvalue weighted by molar-refractivity contribution is 0.857. The Hall–Kier alpha value is -2.75. The molecule has 0 radical (unpaired) electrons. The quantitative estimate of drug-likeness (QED) is 0.724. The van der Waals surface area contributed by atoms with Gasteiger partial charge in [0.1, 0.15) is 0 Å². The number of hydrogen-bond donors (Lipinski definition) is 0. The van der Waals surface area contributed by atoms with Gasteiger partial charge >= 0.3 is 0 Å². The van der Waals surface area contributed by atoms with Crippen LogP contribution in [0.3, 0.4) is 0 Å². The van der Waals surface area contributed by atoms with Crippen LogP contribution in [0.5, 0.6) is 0 Å². The van der Waals surface area contributed by atoms with Crippen LogP contribution in [-0.2, 0) is 0 Å². The number of aromatic nitrogens is 2. The fraction of sp³-hybridized carbons (Fsp3) is 0.167. The number of rotatable bonds is 2. The second-order valence-corrected chi connectivity index (χ2v) is 5.44. The minimum absolute atomic E-state index is 0.676. The lowest BCUT2D eigenvalue weighted by Crippen LogP contribution is -2.15. The van der Waals surface area contributed by atoms with Gasteiger partial charge in [-0.2, -0.15) is 5.10 Å². The molecule has 108 valence electrons. The first-order valence-electron chi connectivity index (χ1n) is 7.44. The zero-order valence-electron chi connectivity index (χ0n) is 12.4. The zero-order valence-corrected chi connectivity index (χ0v) is 12.4.